The molecule has 5 nitrogen and oxygen atoms in total. The fourth-order valence-electron chi connectivity index (χ4n) is 0.997. The van der Waals surface area contributed by atoms with Gasteiger partial charge in [-0.2, -0.15) is 0 Å². The van der Waals surface area contributed by atoms with Gasteiger partial charge in [0.15, 0.2) is 0 Å². The summed E-state index contributed by atoms with van der Waals surface area (Å²) < 4.78 is 1.90. The summed E-state index contributed by atoms with van der Waals surface area (Å²) in [5, 5.41) is 11.5. The Kier molecular flexibility index (Phi) is 4.87. The number of carbonyl (C=O) groups is 1. The lowest BCUT2D eigenvalue weighted by Gasteiger charge is -2.11. The minimum absolute atomic E-state index is 0.130. The van der Waals surface area contributed by atoms with Crippen LogP contribution in [0.5, 0.6) is 0 Å². The fraction of sp³-hybridized carbons (Fsp3) is 0.750. The summed E-state index contributed by atoms with van der Waals surface area (Å²) in [6.07, 6.45) is 0.130. The predicted octanol–water partition coefficient (Wildman–Crippen LogP) is -0.760. The van der Waals surface area contributed by atoms with Crippen molar-refractivity contribution in [2.24, 2.45) is 0 Å². The molecule has 0 rings (SSSR count). The predicted molar refractivity (Wildman–Crippen MR) is 51.1 cm³/mol. The van der Waals surface area contributed by atoms with Crippen LogP contribution in [0.25, 0.3) is 0 Å². The van der Waals surface area contributed by atoms with Gasteiger partial charge in [0.05, 0.1) is 41.2 Å². The lowest BCUT2D eigenvalue weighted by atomic mass is 10.4. The van der Waals surface area contributed by atoms with Crippen molar-refractivity contribution in [1.82, 2.24) is 10.2 Å². The van der Waals surface area contributed by atoms with Crippen molar-refractivity contribution in [3.63, 3.8) is 0 Å². The number of nitrogens with zero attached hydrogens (tertiary/aromatic N) is 2. The third-order valence-electron chi connectivity index (χ3n) is 1.47. The Bertz CT molecular complexity index is 207. The smallest absolute Gasteiger partial charge is 0.347 e. The molecular formula is C8H18N3O2+. The first-order chi connectivity index (χ1) is 5.95. The summed E-state index contributed by atoms with van der Waals surface area (Å²) in [6.45, 7) is 0.445. The standard InChI is InChI=1S/C8H17N3O2/c1-10(2)8(11(3)4)9-6-5-7(12)13/h5-6H2,1-4H3,(H,12,13)/p+1. The van der Waals surface area contributed by atoms with Gasteiger partial charge in [-0.25, -0.2) is 0 Å². The average Bonchev–Trinajstić information content (AvgIpc) is 1.95. The van der Waals surface area contributed by atoms with Crippen LogP contribution in [-0.4, -0.2) is 61.2 Å². The normalized spacial score (nSPS) is 9.23. The van der Waals surface area contributed by atoms with E-state index in [0.717, 1.165) is 5.96 Å². The van der Waals surface area contributed by atoms with Gasteiger partial charge in [0, 0.05) is 0 Å². The van der Waals surface area contributed by atoms with Crippen molar-refractivity contribution in [1.29, 1.82) is 0 Å². The van der Waals surface area contributed by atoms with E-state index in [1.165, 1.54) is 0 Å². The molecule has 76 valence electrons. The Morgan fingerprint density at radius 3 is 2.31 bits per heavy atom. The molecule has 5 heteroatoms. The highest BCUT2D eigenvalue weighted by atomic mass is 16.4. The molecule has 0 aromatic carbocycles. The van der Waals surface area contributed by atoms with Crippen molar-refractivity contribution < 1.29 is 14.5 Å². The molecule has 0 aliphatic rings. The number of hydrogen-bond donors (Lipinski definition) is 2. The first kappa shape index (κ1) is 11.7. The van der Waals surface area contributed by atoms with Gasteiger partial charge in [-0.05, 0) is 0 Å². The molecule has 0 unspecified atom stereocenters. The van der Waals surface area contributed by atoms with Gasteiger partial charge >= 0.3 is 11.9 Å². The Morgan fingerprint density at radius 1 is 1.46 bits per heavy atom. The number of carboxylic acid groups (broad SMARTS) is 1. The summed E-state index contributed by atoms with van der Waals surface area (Å²) in [6, 6.07) is 0. The van der Waals surface area contributed by atoms with Gasteiger partial charge in [0.1, 0.15) is 0 Å². The van der Waals surface area contributed by atoms with Gasteiger partial charge in [-0.3, -0.25) is 19.6 Å². The molecule has 0 radical (unpaired) electrons. The fourth-order valence-corrected chi connectivity index (χ4v) is 0.997. The molecule has 0 saturated carbocycles. The molecule has 0 aliphatic carbocycles. The highest BCUT2D eigenvalue weighted by Gasteiger charge is 2.10. The second kappa shape index (κ2) is 5.40. The third kappa shape index (κ3) is 5.05. The minimum atomic E-state index is -0.788. The van der Waals surface area contributed by atoms with E-state index in [-0.39, 0.29) is 6.42 Å². The Morgan fingerprint density at radius 2 is 2.00 bits per heavy atom. The first-order valence-corrected chi connectivity index (χ1v) is 4.12. The summed E-state index contributed by atoms with van der Waals surface area (Å²) in [5.74, 6) is 0.116. The molecule has 0 saturated heterocycles. The van der Waals surface area contributed by atoms with Crippen LogP contribution in [0.3, 0.4) is 0 Å². The zero-order valence-corrected chi connectivity index (χ0v) is 8.66. The maximum absolute atomic E-state index is 10.2. The van der Waals surface area contributed by atoms with Crippen LogP contribution in [0.15, 0.2) is 0 Å². The molecule has 0 amide bonds. The van der Waals surface area contributed by atoms with E-state index in [1.807, 2.05) is 37.7 Å². The number of rotatable bonds is 3. The minimum Gasteiger partial charge on any atom is -0.481 e. The summed E-state index contributed by atoms with van der Waals surface area (Å²) >= 11 is 0. The lowest BCUT2D eigenvalue weighted by molar-refractivity contribution is -0.472. The summed E-state index contributed by atoms with van der Waals surface area (Å²) in [7, 11) is 7.62. The average molecular weight is 188 g/mol. The number of carboxylic acids is 1. The maximum Gasteiger partial charge on any atom is 0.347 e. The van der Waals surface area contributed by atoms with E-state index in [9.17, 15) is 4.79 Å². The molecule has 0 aliphatic heterocycles. The third-order valence-corrected chi connectivity index (χ3v) is 1.47. The van der Waals surface area contributed by atoms with Gasteiger partial charge in [0.2, 0.25) is 0 Å². The van der Waals surface area contributed by atoms with Crippen molar-refractivity contribution in [2.75, 3.05) is 34.7 Å². The highest BCUT2D eigenvalue weighted by molar-refractivity contribution is 5.75. The van der Waals surface area contributed by atoms with Crippen LogP contribution in [0, 0.1) is 0 Å². The molecule has 13 heavy (non-hydrogen) atoms. The SMILES string of the molecule is CN(C)C(NCCC(=O)O)=[N+](C)C. The molecule has 0 atom stereocenters. The largest absolute Gasteiger partial charge is 0.481 e. The quantitative estimate of drug-likeness (QED) is 0.347. The summed E-state index contributed by atoms with van der Waals surface area (Å²) in [5.41, 5.74) is 0. The van der Waals surface area contributed by atoms with Crippen molar-refractivity contribution in [3.05, 3.63) is 0 Å². The Labute approximate surface area is 78.7 Å². The van der Waals surface area contributed by atoms with Crippen molar-refractivity contribution in [2.45, 2.75) is 6.42 Å². The van der Waals surface area contributed by atoms with E-state index in [2.05, 4.69) is 5.32 Å². The second-order valence-corrected chi connectivity index (χ2v) is 3.18. The number of hydrogen-bond acceptors (Lipinski definition) is 1. The number of aliphatic carboxylic acids is 1. The number of guanidine groups is 1. The van der Waals surface area contributed by atoms with E-state index in [0.29, 0.717) is 6.54 Å². The van der Waals surface area contributed by atoms with E-state index >= 15 is 0 Å². The van der Waals surface area contributed by atoms with Crippen molar-refractivity contribution in [3.8, 4) is 0 Å². The van der Waals surface area contributed by atoms with E-state index in [4.69, 9.17) is 5.11 Å². The molecule has 0 fully saturated rings. The first-order valence-electron chi connectivity index (χ1n) is 4.12. The molecule has 0 bridgehead atoms. The van der Waals surface area contributed by atoms with Crippen LogP contribution in [-0.2, 0) is 4.79 Å². The van der Waals surface area contributed by atoms with Crippen LogP contribution in [0.1, 0.15) is 6.42 Å². The van der Waals surface area contributed by atoms with E-state index < -0.39 is 5.97 Å². The Balaban J connectivity index is 4.00. The van der Waals surface area contributed by atoms with Gasteiger partial charge in [-0.15, -0.1) is 0 Å². The molecule has 2 N–H and O–H groups in total. The molecule has 0 heterocycles. The second-order valence-electron chi connectivity index (χ2n) is 3.18. The molecule has 0 spiro atoms. The van der Waals surface area contributed by atoms with Gasteiger partial charge in [0.25, 0.3) is 0 Å². The van der Waals surface area contributed by atoms with Crippen LogP contribution in [0.4, 0.5) is 0 Å². The molecular weight excluding hydrogens is 170 g/mol. The van der Waals surface area contributed by atoms with Crippen LogP contribution >= 0.6 is 0 Å². The summed E-state index contributed by atoms with van der Waals surface area (Å²) in [4.78, 5) is 12.1. The van der Waals surface area contributed by atoms with Crippen LogP contribution < -0.4 is 5.32 Å². The monoisotopic (exact) mass is 188 g/mol. The number of nitrogens with one attached hydrogen (secondary N) is 1. The molecule has 0 aromatic rings. The molecule has 0 aromatic heterocycles. The zero-order chi connectivity index (χ0) is 10.4. The Hall–Kier alpha value is -1.26. The topological polar surface area (TPSA) is 55.6 Å². The highest BCUT2D eigenvalue weighted by Crippen LogP contribution is 1.80. The maximum atomic E-state index is 10.2. The lowest BCUT2D eigenvalue weighted by Crippen LogP contribution is -2.42. The van der Waals surface area contributed by atoms with Gasteiger partial charge in [-0.1, -0.05) is 0 Å². The van der Waals surface area contributed by atoms with Crippen molar-refractivity contribution >= 4 is 11.9 Å². The van der Waals surface area contributed by atoms with Gasteiger partial charge < -0.3 is 5.11 Å². The van der Waals surface area contributed by atoms with E-state index in [1.54, 1.807) is 0 Å². The zero-order valence-electron chi connectivity index (χ0n) is 8.66. The van der Waals surface area contributed by atoms with Crippen LogP contribution in [0.2, 0.25) is 0 Å².